The zero-order valence-electron chi connectivity index (χ0n) is 9.44. The van der Waals surface area contributed by atoms with Gasteiger partial charge in [-0.1, -0.05) is 30.3 Å². The van der Waals surface area contributed by atoms with Gasteiger partial charge in [0.25, 0.3) is 0 Å². The Bertz CT molecular complexity index is 449. The quantitative estimate of drug-likeness (QED) is 0.849. The first kappa shape index (κ1) is 11.6. The molecule has 3 nitrogen and oxygen atoms in total. The van der Waals surface area contributed by atoms with E-state index in [1.54, 1.807) is 6.92 Å². The van der Waals surface area contributed by atoms with E-state index in [0.29, 0.717) is 6.54 Å². The van der Waals surface area contributed by atoms with Crippen LogP contribution in [-0.4, -0.2) is 20.7 Å². The highest BCUT2D eigenvalue weighted by molar-refractivity contribution is 7.89. The van der Waals surface area contributed by atoms with Gasteiger partial charge in [0.1, 0.15) is 0 Å². The highest BCUT2D eigenvalue weighted by Gasteiger charge is 2.44. The Morgan fingerprint density at radius 1 is 1.25 bits per heavy atom. The second-order valence-electron chi connectivity index (χ2n) is 4.37. The normalized spacial score (nSPS) is 18.3. The SMILES string of the molecule is CCS(=O)(=O)NCC1(c2ccccc2)CC1. The van der Waals surface area contributed by atoms with Crippen molar-refractivity contribution < 1.29 is 8.42 Å². The monoisotopic (exact) mass is 239 g/mol. The van der Waals surface area contributed by atoms with E-state index in [1.807, 2.05) is 18.2 Å². The average Bonchev–Trinajstić information content (AvgIpc) is 3.09. The molecule has 0 spiro atoms. The molecule has 16 heavy (non-hydrogen) atoms. The molecule has 1 aromatic rings. The topological polar surface area (TPSA) is 46.2 Å². The summed E-state index contributed by atoms with van der Waals surface area (Å²) in [5.74, 6) is 0.151. The third-order valence-corrected chi connectivity index (χ3v) is 4.59. The predicted molar refractivity (Wildman–Crippen MR) is 64.8 cm³/mol. The standard InChI is InChI=1S/C12H17NO2S/c1-2-16(14,15)13-10-12(8-9-12)11-6-4-3-5-7-11/h3-7,13H,2,8-10H2,1H3. The second kappa shape index (κ2) is 4.18. The minimum absolute atomic E-state index is 0.0590. The van der Waals surface area contributed by atoms with Crippen molar-refractivity contribution in [3.8, 4) is 0 Å². The van der Waals surface area contributed by atoms with Gasteiger partial charge in [-0.25, -0.2) is 13.1 Å². The summed E-state index contributed by atoms with van der Waals surface area (Å²) in [6.45, 7) is 2.19. The van der Waals surface area contributed by atoms with Crippen LogP contribution in [0.4, 0.5) is 0 Å². The summed E-state index contributed by atoms with van der Waals surface area (Å²) in [6, 6.07) is 10.1. The van der Waals surface area contributed by atoms with Crippen LogP contribution in [0.25, 0.3) is 0 Å². The second-order valence-corrected chi connectivity index (χ2v) is 6.47. The smallest absolute Gasteiger partial charge is 0.211 e. The van der Waals surface area contributed by atoms with Gasteiger partial charge in [0.05, 0.1) is 5.75 Å². The molecule has 1 N–H and O–H groups in total. The number of nitrogens with one attached hydrogen (secondary N) is 1. The van der Waals surface area contributed by atoms with Gasteiger partial charge in [-0.3, -0.25) is 0 Å². The van der Waals surface area contributed by atoms with Crippen molar-refractivity contribution in [3.05, 3.63) is 35.9 Å². The van der Waals surface area contributed by atoms with Gasteiger partial charge in [0.2, 0.25) is 10.0 Å². The molecule has 0 heterocycles. The molecule has 1 aliphatic rings. The van der Waals surface area contributed by atoms with Gasteiger partial charge in [-0.15, -0.1) is 0 Å². The summed E-state index contributed by atoms with van der Waals surface area (Å²) in [4.78, 5) is 0. The Labute approximate surface area is 96.9 Å². The molecule has 0 saturated heterocycles. The summed E-state index contributed by atoms with van der Waals surface area (Å²) < 4.78 is 25.5. The van der Waals surface area contributed by atoms with Crippen LogP contribution < -0.4 is 4.72 Å². The molecular formula is C12H17NO2S. The molecule has 4 heteroatoms. The van der Waals surface area contributed by atoms with E-state index in [0.717, 1.165) is 12.8 Å². The fraction of sp³-hybridized carbons (Fsp3) is 0.500. The van der Waals surface area contributed by atoms with Crippen molar-refractivity contribution in [1.29, 1.82) is 0 Å². The van der Waals surface area contributed by atoms with Gasteiger partial charge in [-0.05, 0) is 25.3 Å². The summed E-state index contributed by atoms with van der Waals surface area (Å²) in [5.41, 5.74) is 1.30. The molecular weight excluding hydrogens is 222 g/mol. The van der Waals surface area contributed by atoms with E-state index < -0.39 is 10.0 Å². The lowest BCUT2D eigenvalue weighted by Crippen LogP contribution is -2.33. The zero-order valence-corrected chi connectivity index (χ0v) is 10.3. The molecule has 2 rings (SSSR count). The maximum atomic E-state index is 11.4. The predicted octanol–water partition coefficient (Wildman–Crippen LogP) is 1.66. The van der Waals surface area contributed by atoms with Crippen LogP contribution in [-0.2, 0) is 15.4 Å². The fourth-order valence-electron chi connectivity index (χ4n) is 1.86. The van der Waals surface area contributed by atoms with E-state index >= 15 is 0 Å². The van der Waals surface area contributed by atoms with Gasteiger partial charge >= 0.3 is 0 Å². The van der Waals surface area contributed by atoms with E-state index in [-0.39, 0.29) is 11.2 Å². The van der Waals surface area contributed by atoms with Crippen molar-refractivity contribution in [1.82, 2.24) is 4.72 Å². The van der Waals surface area contributed by atoms with Gasteiger partial charge in [0, 0.05) is 12.0 Å². The maximum absolute atomic E-state index is 11.4. The molecule has 1 fully saturated rings. The lowest BCUT2D eigenvalue weighted by Gasteiger charge is -2.16. The third kappa shape index (κ3) is 2.44. The van der Waals surface area contributed by atoms with Crippen molar-refractivity contribution in [2.24, 2.45) is 0 Å². The number of sulfonamides is 1. The van der Waals surface area contributed by atoms with Crippen molar-refractivity contribution in [3.63, 3.8) is 0 Å². The van der Waals surface area contributed by atoms with Gasteiger partial charge < -0.3 is 0 Å². The molecule has 0 aliphatic heterocycles. The number of hydrogen-bond acceptors (Lipinski definition) is 2. The van der Waals surface area contributed by atoms with Crippen LogP contribution in [0.3, 0.4) is 0 Å². The summed E-state index contributed by atoms with van der Waals surface area (Å²) in [5, 5.41) is 0. The first-order valence-corrected chi connectivity index (χ1v) is 7.26. The summed E-state index contributed by atoms with van der Waals surface area (Å²) in [7, 11) is -3.07. The van der Waals surface area contributed by atoms with Crippen molar-refractivity contribution in [2.45, 2.75) is 25.2 Å². The van der Waals surface area contributed by atoms with E-state index in [9.17, 15) is 8.42 Å². The molecule has 0 amide bonds. The average molecular weight is 239 g/mol. The van der Waals surface area contributed by atoms with Gasteiger partial charge in [-0.2, -0.15) is 0 Å². The van der Waals surface area contributed by atoms with Crippen LogP contribution >= 0.6 is 0 Å². The van der Waals surface area contributed by atoms with Crippen molar-refractivity contribution >= 4 is 10.0 Å². The Morgan fingerprint density at radius 3 is 2.38 bits per heavy atom. The molecule has 88 valence electrons. The minimum Gasteiger partial charge on any atom is -0.214 e. The van der Waals surface area contributed by atoms with Gasteiger partial charge in [0.15, 0.2) is 0 Å². The summed E-state index contributed by atoms with van der Waals surface area (Å²) in [6.07, 6.45) is 2.15. The molecule has 0 unspecified atom stereocenters. The first-order chi connectivity index (χ1) is 7.58. The lowest BCUT2D eigenvalue weighted by molar-refractivity contribution is 0.568. The van der Waals surface area contributed by atoms with Crippen LogP contribution in [0.2, 0.25) is 0 Å². The zero-order chi connectivity index (χ0) is 11.6. The van der Waals surface area contributed by atoms with Crippen LogP contribution in [0.5, 0.6) is 0 Å². The molecule has 1 aliphatic carbocycles. The molecule has 0 bridgehead atoms. The molecule has 1 saturated carbocycles. The molecule has 0 aromatic heterocycles. The number of rotatable bonds is 5. The highest BCUT2D eigenvalue weighted by atomic mass is 32.2. The number of hydrogen-bond donors (Lipinski definition) is 1. The van der Waals surface area contributed by atoms with Crippen LogP contribution in [0, 0.1) is 0 Å². The Hall–Kier alpha value is -0.870. The molecule has 0 atom stereocenters. The first-order valence-electron chi connectivity index (χ1n) is 5.61. The lowest BCUT2D eigenvalue weighted by atomic mass is 9.96. The summed E-state index contributed by atoms with van der Waals surface area (Å²) >= 11 is 0. The van der Waals surface area contributed by atoms with Crippen molar-refractivity contribution in [2.75, 3.05) is 12.3 Å². The number of benzene rings is 1. The van der Waals surface area contributed by atoms with E-state index in [1.165, 1.54) is 5.56 Å². The Kier molecular flexibility index (Phi) is 3.04. The highest BCUT2D eigenvalue weighted by Crippen LogP contribution is 2.47. The third-order valence-electron chi connectivity index (χ3n) is 3.25. The van der Waals surface area contributed by atoms with Crippen LogP contribution in [0.1, 0.15) is 25.3 Å². The fourth-order valence-corrected chi connectivity index (χ4v) is 2.56. The Morgan fingerprint density at radius 2 is 1.88 bits per heavy atom. The molecule has 1 aromatic carbocycles. The van der Waals surface area contributed by atoms with Crippen LogP contribution in [0.15, 0.2) is 30.3 Å². The largest absolute Gasteiger partial charge is 0.214 e. The maximum Gasteiger partial charge on any atom is 0.211 e. The molecule has 0 radical (unpaired) electrons. The Balaban J connectivity index is 2.06. The minimum atomic E-state index is -3.07. The van der Waals surface area contributed by atoms with E-state index in [4.69, 9.17) is 0 Å². The van der Waals surface area contributed by atoms with E-state index in [2.05, 4.69) is 16.9 Å².